The lowest BCUT2D eigenvalue weighted by molar-refractivity contribution is -0.350. The van der Waals surface area contributed by atoms with Crippen LogP contribution in [0.25, 0.3) is 0 Å². The molecule has 8 heteroatoms. The molecule has 122 valence electrons. The van der Waals surface area contributed by atoms with Crippen molar-refractivity contribution in [3.05, 3.63) is 0 Å². The highest BCUT2D eigenvalue weighted by Gasteiger charge is 2.23. The van der Waals surface area contributed by atoms with Crippen LogP contribution in [0.3, 0.4) is 0 Å². The number of hydrogen-bond acceptors (Lipinski definition) is 5. The zero-order valence-corrected chi connectivity index (χ0v) is 12.2. The molecule has 0 radical (unpaired) electrons. The predicted octanol–water partition coefficient (Wildman–Crippen LogP) is 1.64. The van der Waals surface area contributed by atoms with Crippen LogP contribution in [-0.2, 0) is 24.3 Å². The minimum Gasteiger partial charge on any atom is -0.481 e. The van der Waals surface area contributed by atoms with Crippen molar-refractivity contribution in [2.45, 2.75) is 64.4 Å². The van der Waals surface area contributed by atoms with E-state index in [0.29, 0.717) is 6.42 Å². The first-order valence-corrected chi connectivity index (χ1v) is 7.03. The molecule has 3 N–H and O–H groups in total. The summed E-state index contributed by atoms with van der Waals surface area (Å²) in [6.45, 7) is 2.12. The van der Waals surface area contributed by atoms with Gasteiger partial charge in [-0.2, -0.15) is 4.89 Å². The van der Waals surface area contributed by atoms with Gasteiger partial charge in [0.2, 0.25) is 12.0 Å². The second-order valence-electron chi connectivity index (χ2n) is 4.65. The molecule has 0 rings (SSSR count). The van der Waals surface area contributed by atoms with Gasteiger partial charge in [-0.1, -0.05) is 39.0 Å². The number of hydroxylamine groups is 1. The lowest BCUT2D eigenvalue weighted by atomic mass is 10.1. The Kier molecular flexibility index (Phi) is 11.1. The normalized spacial score (nSPS) is 11.9. The molecule has 8 nitrogen and oxygen atoms in total. The number of carboxylic acid groups (broad SMARTS) is 2. The average molecular weight is 305 g/mol. The summed E-state index contributed by atoms with van der Waals surface area (Å²) in [7, 11) is 0. The molecular weight excluding hydrogens is 282 g/mol. The van der Waals surface area contributed by atoms with Gasteiger partial charge >= 0.3 is 11.9 Å². The Labute approximate surface area is 123 Å². The van der Waals surface area contributed by atoms with Crippen molar-refractivity contribution in [2.24, 2.45) is 0 Å². The molecule has 21 heavy (non-hydrogen) atoms. The summed E-state index contributed by atoms with van der Waals surface area (Å²) in [6.07, 6.45) is 4.01. The van der Waals surface area contributed by atoms with Gasteiger partial charge in [-0.3, -0.25) is 9.59 Å². The molecule has 0 aromatic rings. The van der Waals surface area contributed by atoms with Crippen LogP contribution in [0, 0.1) is 0 Å². The van der Waals surface area contributed by atoms with E-state index in [1.54, 1.807) is 0 Å². The van der Waals surface area contributed by atoms with Crippen LogP contribution in [0.4, 0.5) is 0 Å². The molecule has 0 aliphatic rings. The van der Waals surface area contributed by atoms with Crippen LogP contribution in [0.1, 0.15) is 58.3 Å². The van der Waals surface area contributed by atoms with Crippen molar-refractivity contribution in [1.82, 2.24) is 5.48 Å². The minimum atomic E-state index is -1.67. The Hall–Kier alpha value is -1.67. The Morgan fingerprint density at radius 3 is 2.24 bits per heavy atom. The highest BCUT2D eigenvalue weighted by molar-refractivity contribution is 5.79. The molecule has 0 fully saturated rings. The molecule has 0 bridgehead atoms. The smallest absolute Gasteiger partial charge is 0.336 e. The van der Waals surface area contributed by atoms with Gasteiger partial charge in [0.1, 0.15) is 0 Å². The molecule has 0 saturated heterocycles. The quantitative estimate of drug-likeness (QED) is 0.268. The van der Waals surface area contributed by atoms with Crippen molar-refractivity contribution in [3.8, 4) is 0 Å². The Bertz CT molecular complexity index is 332. The van der Waals surface area contributed by atoms with Crippen molar-refractivity contribution in [1.29, 1.82) is 0 Å². The lowest BCUT2D eigenvalue weighted by Crippen LogP contribution is -2.32. The van der Waals surface area contributed by atoms with Crippen molar-refractivity contribution in [3.63, 3.8) is 0 Å². The Balaban J connectivity index is 3.67. The fraction of sp³-hybridized carbons (Fsp3) is 0.769. The van der Waals surface area contributed by atoms with E-state index in [2.05, 4.69) is 16.8 Å². The number of carboxylic acids is 2. The maximum Gasteiger partial charge on any atom is 0.336 e. The van der Waals surface area contributed by atoms with E-state index in [9.17, 15) is 14.4 Å². The van der Waals surface area contributed by atoms with E-state index in [0.717, 1.165) is 25.7 Å². The van der Waals surface area contributed by atoms with Crippen LogP contribution >= 0.6 is 0 Å². The van der Waals surface area contributed by atoms with E-state index >= 15 is 0 Å². The third kappa shape index (κ3) is 11.8. The van der Waals surface area contributed by atoms with E-state index in [1.165, 1.54) is 6.42 Å². The monoisotopic (exact) mass is 305 g/mol. The fourth-order valence-electron chi connectivity index (χ4n) is 1.57. The molecule has 0 heterocycles. The summed E-state index contributed by atoms with van der Waals surface area (Å²) in [5.74, 6) is -3.27. The summed E-state index contributed by atoms with van der Waals surface area (Å²) in [5, 5.41) is 17.1. The van der Waals surface area contributed by atoms with Crippen molar-refractivity contribution in [2.75, 3.05) is 0 Å². The summed E-state index contributed by atoms with van der Waals surface area (Å²) >= 11 is 0. The van der Waals surface area contributed by atoms with Gasteiger partial charge in [0.25, 0.3) is 0 Å². The van der Waals surface area contributed by atoms with Gasteiger partial charge in [0, 0.05) is 6.42 Å². The Morgan fingerprint density at radius 1 is 1.05 bits per heavy atom. The summed E-state index contributed by atoms with van der Waals surface area (Å²) < 4.78 is 0. The zero-order valence-electron chi connectivity index (χ0n) is 12.2. The largest absolute Gasteiger partial charge is 0.481 e. The molecule has 1 unspecified atom stereocenters. The van der Waals surface area contributed by atoms with Gasteiger partial charge in [-0.15, -0.1) is 4.99 Å². The molecule has 0 aliphatic heterocycles. The van der Waals surface area contributed by atoms with E-state index < -0.39 is 30.4 Å². The highest BCUT2D eigenvalue weighted by atomic mass is 17.3. The number of rotatable bonds is 13. The van der Waals surface area contributed by atoms with E-state index in [1.807, 2.05) is 5.48 Å². The summed E-state index contributed by atoms with van der Waals surface area (Å²) in [5.41, 5.74) is 1.93. The van der Waals surface area contributed by atoms with Crippen LogP contribution < -0.4 is 5.48 Å². The van der Waals surface area contributed by atoms with Crippen LogP contribution in [0.5, 0.6) is 0 Å². The van der Waals surface area contributed by atoms with Gasteiger partial charge in [0.05, 0.1) is 6.42 Å². The highest BCUT2D eigenvalue weighted by Crippen LogP contribution is 2.06. The number of carbonyl (C=O) groups is 3. The topological polar surface area (TPSA) is 122 Å². The molecule has 1 amide bonds. The number of nitrogens with one attached hydrogen (secondary N) is 1. The number of unbranched alkanes of at least 4 members (excludes halogenated alkanes) is 5. The minimum absolute atomic E-state index is 0.242. The van der Waals surface area contributed by atoms with Gasteiger partial charge in [0.15, 0.2) is 0 Å². The molecule has 1 atom stereocenters. The second-order valence-corrected chi connectivity index (χ2v) is 4.65. The van der Waals surface area contributed by atoms with Crippen LogP contribution in [-0.4, -0.2) is 34.2 Å². The molecule has 0 saturated carbocycles. The molecule has 0 aromatic carbocycles. The van der Waals surface area contributed by atoms with Gasteiger partial charge in [-0.25, -0.2) is 10.3 Å². The predicted molar refractivity (Wildman–Crippen MR) is 72.0 cm³/mol. The lowest BCUT2D eigenvalue weighted by Gasteiger charge is -2.10. The molecule has 0 aromatic heterocycles. The van der Waals surface area contributed by atoms with Crippen molar-refractivity contribution >= 4 is 17.8 Å². The summed E-state index contributed by atoms with van der Waals surface area (Å²) in [6, 6.07) is 0. The third-order valence-electron chi connectivity index (χ3n) is 2.71. The van der Waals surface area contributed by atoms with Gasteiger partial charge in [-0.05, 0) is 6.42 Å². The van der Waals surface area contributed by atoms with Crippen LogP contribution in [0.15, 0.2) is 0 Å². The summed E-state index contributed by atoms with van der Waals surface area (Å²) in [4.78, 5) is 40.9. The maximum absolute atomic E-state index is 11.3. The SMILES string of the molecule is CCCCCCCCC(=O)NOOC(CC(=O)O)C(=O)O. The third-order valence-corrected chi connectivity index (χ3v) is 2.71. The maximum atomic E-state index is 11.3. The number of carbonyl (C=O) groups excluding carboxylic acids is 1. The number of hydrogen-bond donors (Lipinski definition) is 3. The average Bonchev–Trinajstić information content (AvgIpc) is 2.41. The first-order chi connectivity index (χ1) is 9.97. The first-order valence-electron chi connectivity index (χ1n) is 7.03. The second kappa shape index (κ2) is 12.1. The zero-order chi connectivity index (χ0) is 16.1. The molecule has 0 aliphatic carbocycles. The fourth-order valence-corrected chi connectivity index (χ4v) is 1.57. The number of amides is 1. The van der Waals surface area contributed by atoms with Crippen molar-refractivity contribution < 1.29 is 34.5 Å². The Morgan fingerprint density at radius 2 is 1.67 bits per heavy atom. The van der Waals surface area contributed by atoms with E-state index in [-0.39, 0.29) is 6.42 Å². The number of aliphatic carboxylic acids is 2. The van der Waals surface area contributed by atoms with Gasteiger partial charge < -0.3 is 10.2 Å². The first kappa shape index (κ1) is 19.3. The van der Waals surface area contributed by atoms with E-state index in [4.69, 9.17) is 10.2 Å². The van der Waals surface area contributed by atoms with Crippen LogP contribution in [0.2, 0.25) is 0 Å². The molecule has 0 spiro atoms. The molecular formula is C13H23NO7. The standard InChI is InChI=1S/C13H23NO7/c1-2-3-4-5-6-7-8-11(15)14-21-20-10(13(18)19)9-12(16)17/h10H,2-9H2,1H3,(H,14,15)(H,16,17)(H,18,19).